The van der Waals surface area contributed by atoms with Crippen molar-refractivity contribution in [3.8, 4) is 0 Å². The number of nitrogens with zero attached hydrogens (tertiary/aromatic N) is 2. The van der Waals surface area contributed by atoms with E-state index < -0.39 is 5.97 Å². The third kappa shape index (κ3) is 4.49. The summed E-state index contributed by atoms with van der Waals surface area (Å²) < 4.78 is 5.40. The molecule has 8 nitrogen and oxygen atoms in total. The summed E-state index contributed by atoms with van der Waals surface area (Å²) in [7, 11) is 0. The van der Waals surface area contributed by atoms with Gasteiger partial charge in [-0.2, -0.15) is 0 Å². The highest BCUT2D eigenvalue weighted by Gasteiger charge is 2.42. The Morgan fingerprint density at radius 1 is 1.28 bits per heavy atom. The number of hydrogen-bond acceptors (Lipinski definition) is 5. The number of morpholine rings is 1. The fourth-order valence-corrected chi connectivity index (χ4v) is 4.14. The second-order valence-corrected chi connectivity index (χ2v) is 7.45. The number of aliphatic carboxylic acids is 1. The molecule has 3 heterocycles. The molecule has 0 aromatic carbocycles. The van der Waals surface area contributed by atoms with E-state index in [4.69, 9.17) is 9.84 Å². The van der Waals surface area contributed by atoms with Gasteiger partial charge in [0, 0.05) is 45.1 Å². The summed E-state index contributed by atoms with van der Waals surface area (Å²) in [6, 6.07) is 0.0931. The van der Waals surface area contributed by atoms with E-state index in [2.05, 4.69) is 5.32 Å². The van der Waals surface area contributed by atoms with E-state index in [1.54, 1.807) is 0 Å². The standard InChI is InChI=1S/C17H27N3O5/c21-14-1-2-17(12-20(14)10-16(23)24)3-6-19(7-4-17)15(22)9-13-11-25-8-5-18-13/h13,18H,1-12H2,(H,23,24)/t13-/m0/s1. The Labute approximate surface area is 147 Å². The average molecular weight is 353 g/mol. The maximum atomic E-state index is 12.5. The van der Waals surface area contributed by atoms with Crippen molar-refractivity contribution >= 4 is 17.8 Å². The predicted molar refractivity (Wildman–Crippen MR) is 88.9 cm³/mol. The van der Waals surface area contributed by atoms with Crippen molar-refractivity contribution in [1.29, 1.82) is 0 Å². The van der Waals surface area contributed by atoms with Gasteiger partial charge in [0.1, 0.15) is 6.54 Å². The summed E-state index contributed by atoms with van der Waals surface area (Å²) >= 11 is 0. The number of amides is 2. The molecule has 2 amide bonds. The molecule has 140 valence electrons. The number of carbonyl (C=O) groups excluding carboxylic acids is 2. The lowest BCUT2D eigenvalue weighted by Crippen LogP contribution is -2.54. The first-order valence-electron chi connectivity index (χ1n) is 9.06. The van der Waals surface area contributed by atoms with Crippen LogP contribution in [0.5, 0.6) is 0 Å². The lowest BCUT2D eigenvalue weighted by atomic mass is 9.72. The molecule has 3 fully saturated rings. The minimum atomic E-state index is -0.972. The second-order valence-electron chi connectivity index (χ2n) is 7.45. The maximum absolute atomic E-state index is 12.5. The van der Waals surface area contributed by atoms with E-state index in [1.165, 1.54) is 4.90 Å². The van der Waals surface area contributed by atoms with Crippen molar-refractivity contribution in [2.45, 2.75) is 38.1 Å². The van der Waals surface area contributed by atoms with Crippen LogP contribution in [0.3, 0.4) is 0 Å². The summed E-state index contributed by atoms with van der Waals surface area (Å²) in [6.07, 6.45) is 3.32. The molecule has 0 aromatic heterocycles. The molecule has 1 atom stereocenters. The van der Waals surface area contributed by atoms with E-state index in [1.807, 2.05) is 4.90 Å². The maximum Gasteiger partial charge on any atom is 0.323 e. The number of nitrogens with one attached hydrogen (secondary N) is 1. The third-order valence-corrected chi connectivity index (χ3v) is 5.67. The first-order valence-corrected chi connectivity index (χ1v) is 9.06. The van der Waals surface area contributed by atoms with Crippen LogP contribution in [-0.2, 0) is 19.1 Å². The van der Waals surface area contributed by atoms with Crippen molar-refractivity contribution < 1.29 is 24.2 Å². The summed E-state index contributed by atoms with van der Waals surface area (Å²) in [6.45, 7) is 3.70. The number of carboxylic acids is 1. The number of hydrogen-bond donors (Lipinski definition) is 2. The zero-order valence-corrected chi connectivity index (χ0v) is 14.5. The molecular weight excluding hydrogens is 326 g/mol. The fourth-order valence-electron chi connectivity index (χ4n) is 4.14. The van der Waals surface area contributed by atoms with Crippen LogP contribution >= 0.6 is 0 Å². The van der Waals surface area contributed by atoms with Crippen LogP contribution in [0.25, 0.3) is 0 Å². The lowest BCUT2D eigenvalue weighted by Gasteiger charge is -2.47. The highest BCUT2D eigenvalue weighted by atomic mass is 16.5. The Morgan fingerprint density at radius 2 is 2.04 bits per heavy atom. The van der Waals surface area contributed by atoms with Gasteiger partial charge in [-0.25, -0.2) is 0 Å². The normalized spacial score (nSPS) is 26.7. The number of rotatable bonds is 4. The molecule has 3 rings (SSSR count). The molecule has 0 unspecified atom stereocenters. The zero-order valence-electron chi connectivity index (χ0n) is 14.5. The molecule has 0 aromatic rings. The summed E-state index contributed by atoms with van der Waals surface area (Å²) in [5.74, 6) is -0.901. The van der Waals surface area contributed by atoms with Crippen LogP contribution < -0.4 is 5.32 Å². The second kappa shape index (κ2) is 7.70. The Hall–Kier alpha value is -1.67. The number of carbonyl (C=O) groups is 3. The van der Waals surface area contributed by atoms with Gasteiger partial charge in [-0.1, -0.05) is 0 Å². The summed E-state index contributed by atoms with van der Waals surface area (Å²) in [5, 5.41) is 12.3. The largest absolute Gasteiger partial charge is 0.480 e. The van der Waals surface area contributed by atoms with Gasteiger partial charge in [-0.3, -0.25) is 14.4 Å². The van der Waals surface area contributed by atoms with Crippen LogP contribution in [0.4, 0.5) is 0 Å². The monoisotopic (exact) mass is 353 g/mol. The number of piperidine rings is 2. The van der Waals surface area contributed by atoms with Gasteiger partial charge in [0.15, 0.2) is 0 Å². The molecule has 8 heteroatoms. The van der Waals surface area contributed by atoms with Gasteiger partial charge in [0.05, 0.1) is 13.2 Å². The van der Waals surface area contributed by atoms with Crippen molar-refractivity contribution in [2.24, 2.45) is 5.41 Å². The lowest BCUT2D eigenvalue weighted by molar-refractivity contribution is -0.150. The molecule has 0 radical (unpaired) electrons. The molecule has 3 saturated heterocycles. The van der Waals surface area contributed by atoms with Crippen molar-refractivity contribution in [3.05, 3.63) is 0 Å². The topological polar surface area (TPSA) is 99.2 Å². The van der Waals surface area contributed by atoms with Gasteiger partial charge in [0.25, 0.3) is 0 Å². The van der Waals surface area contributed by atoms with Crippen molar-refractivity contribution in [2.75, 3.05) is 45.9 Å². The Bertz CT molecular complexity index is 524. The van der Waals surface area contributed by atoms with E-state index in [9.17, 15) is 14.4 Å². The predicted octanol–water partition coefficient (Wildman–Crippen LogP) is -0.319. The molecule has 0 saturated carbocycles. The van der Waals surface area contributed by atoms with Crippen molar-refractivity contribution in [1.82, 2.24) is 15.1 Å². The Morgan fingerprint density at radius 3 is 2.68 bits per heavy atom. The molecule has 25 heavy (non-hydrogen) atoms. The molecule has 3 aliphatic rings. The Kier molecular flexibility index (Phi) is 5.58. The SMILES string of the molecule is O=C(O)CN1CC2(CCC1=O)CCN(C(=O)C[C@H]1COCCN1)CC2. The minimum Gasteiger partial charge on any atom is -0.480 e. The van der Waals surface area contributed by atoms with Crippen LogP contribution in [-0.4, -0.2) is 84.7 Å². The molecule has 0 bridgehead atoms. The number of ether oxygens (including phenoxy) is 1. The van der Waals surface area contributed by atoms with Crippen LogP contribution in [0, 0.1) is 5.41 Å². The fraction of sp³-hybridized carbons (Fsp3) is 0.824. The summed E-state index contributed by atoms with van der Waals surface area (Å²) in [5.41, 5.74) is -0.0354. The quantitative estimate of drug-likeness (QED) is 0.719. The number of carboxylic acid groups (broad SMARTS) is 1. The first-order chi connectivity index (χ1) is 12.0. The van der Waals surface area contributed by atoms with Gasteiger partial charge in [0.2, 0.25) is 11.8 Å². The smallest absolute Gasteiger partial charge is 0.323 e. The first kappa shape index (κ1) is 18.1. The highest BCUT2D eigenvalue weighted by Crippen LogP contribution is 2.40. The minimum absolute atomic E-state index is 0.0354. The van der Waals surface area contributed by atoms with Crippen LogP contribution in [0.15, 0.2) is 0 Å². The van der Waals surface area contributed by atoms with Gasteiger partial charge >= 0.3 is 5.97 Å². The van der Waals surface area contributed by atoms with E-state index >= 15 is 0 Å². The number of likely N-dealkylation sites (tertiary alicyclic amines) is 2. The van der Waals surface area contributed by atoms with Gasteiger partial charge in [-0.05, 0) is 24.7 Å². The van der Waals surface area contributed by atoms with Gasteiger partial charge in [-0.15, -0.1) is 0 Å². The Balaban J connectivity index is 1.51. The van der Waals surface area contributed by atoms with Crippen LogP contribution in [0.2, 0.25) is 0 Å². The molecule has 1 spiro atoms. The molecule has 3 aliphatic heterocycles. The van der Waals surface area contributed by atoms with Crippen LogP contribution in [0.1, 0.15) is 32.1 Å². The molecule has 0 aliphatic carbocycles. The zero-order chi connectivity index (χ0) is 17.9. The molecular formula is C17H27N3O5. The van der Waals surface area contributed by atoms with E-state index in [-0.39, 0.29) is 29.8 Å². The summed E-state index contributed by atoms with van der Waals surface area (Å²) in [4.78, 5) is 38.7. The van der Waals surface area contributed by atoms with Gasteiger partial charge < -0.3 is 25.0 Å². The highest BCUT2D eigenvalue weighted by molar-refractivity contribution is 5.82. The van der Waals surface area contributed by atoms with E-state index in [0.29, 0.717) is 45.7 Å². The average Bonchev–Trinajstić information content (AvgIpc) is 2.59. The molecule has 2 N–H and O–H groups in total. The van der Waals surface area contributed by atoms with Crippen molar-refractivity contribution in [3.63, 3.8) is 0 Å². The third-order valence-electron chi connectivity index (χ3n) is 5.67. The van der Waals surface area contributed by atoms with E-state index in [0.717, 1.165) is 25.8 Å².